The molecule has 0 aliphatic heterocycles. The number of aryl methyl sites for hydroxylation is 1. The molecule has 0 atom stereocenters. The molecule has 0 unspecified atom stereocenters. The first-order valence-corrected chi connectivity index (χ1v) is 11.1. The molecule has 1 amide bonds. The second kappa shape index (κ2) is 10.7. The van der Waals surface area contributed by atoms with Gasteiger partial charge in [0, 0.05) is 43.7 Å². The number of carbonyl (C=O) groups is 1. The van der Waals surface area contributed by atoms with Gasteiger partial charge in [-0.25, -0.2) is 4.98 Å². The maximum Gasteiger partial charge on any atom is 0.253 e. The third kappa shape index (κ3) is 6.15. The summed E-state index contributed by atoms with van der Waals surface area (Å²) >= 11 is 1.70. The quantitative estimate of drug-likeness (QED) is 0.438. The minimum Gasteiger partial charge on any atom is -0.356 e. The van der Waals surface area contributed by atoms with Crippen molar-refractivity contribution >= 4 is 23.2 Å². The van der Waals surface area contributed by atoms with E-state index < -0.39 is 0 Å². The Balaban J connectivity index is 1.52. The van der Waals surface area contributed by atoms with Gasteiger partial charge in [0.05, 0.1) is 12.2 Å². The van der Waals surface area contributed by atoms with Crippen molar-refractivity contribution in [1.29, 1.82) is 0 Å². The Labute approximate surface area is 188 Å². The zero-order valence-electron chi connectivity index (χ0n) is 18.5. The van der Waals surface area contributed by atoms with E-state index in [1.165, 1.54) is 4.88 Å². The Morgan fingerprint density at radius 2 is 1.87 bits per heavy atom. The molecule has 2 aromatic carbocycles. The molecule has 0 fully saturated rings. The zero-order valence-corrected chi connectivity index (χ0v) is 19.3. The second-order valence-corrected chi connectivity index (χ2v) is 8.48. The van der Waals surface area contributed by atoms with Gasteiger partial charge in [0.2, 0.25) is 0 Å². The number of guanidine groups is 1. The first-order valence-electron chi connectivity index (χ1n) is 10.2. The third-order valence-electron chi connectivity index (χ3n) is 4.84. The summed E-state index contributed by atoms with van der Waals surface area (Å²) in [7, 11) is 5.29. The van der Waals surface area contributed by atoms with Crippen LogP contribution in [0.15, 0.2) is 59.6 Å². The number of nitrogens with one attached hydrogen (secondary N) is 2. The van der Waals surface area contributed by atoms with E-state index >= 15 is 0 Å². The topological polar surface area (TPSA) is 69.6 Å². The molecule has 3 rings (SSSR count). The second-order valence-electron chi connectivity index (χ2n) is 7.40. The van der Waals surface area contributed by atoms with Crippen molar-refractivity contribution in [2.45, 2.75) is 19.9 Å². The smallest absolute Gasteiger partial charge is 0.253 e. The number of rotatable bonds is 7. The van der Waals surface area contributed by atoms with Gasteiger partial charge in [-0.05, 0) is 31.0 Å². The van der Waals surface area contributed by atoms with Crippen molar-refractivity contribution in [3.8, 4) is 10.6 Å². The number of benzene rings is 2. The van der Waals surface area contributed by atoms with E-state index in [0.29, 0.717) is 12.1 Å². The maximum atomic E-state index is 12.1. The van der Waals surface area contributed by atoms with E-state index in [-0.39, 0.29) is 5.91 Å². The molecule has 162 valence electrons. The Hall–Kier alpha value is -3.19. The highest BCUT2D eigenvalue weighted by Crippen LogP contribution is 2.27. The van der Waals surface area contributed by atoms with E-state index in [2.05, 4.69) is 27.8 Å². The Morgan fingerprint density at radius 3 is 2.58 bits per heavy atom. The number of thiazole rings is 1. The maximum absolute atomic E-state index is 12.1. The lowest BCUT2D eigenvalue weighted by atomic mass is 10.1. The van der Waals surface area contributed by atoms with E-state index in [9.17, 15) is 4.79 Å². The lowest BCUT2D eigenvalue weighted by molar-refractivity contribution is 0.0827. The fourth-order valence-electron chi connectivity index (χ4n) is 3.12. The van der Waals surface area contributed by atoms with Crippen molar-refractivity contribution in [2.75, 3.05) is 27.7 Å². The van der Waals surface area contributed by atoms with E-state index in [4.69, 9.17) is 4.98 Å². The Bertz CT molecular complexity index is 1040. The number of amides is 1. The summed E-state index contributed by atoms with van der Waals surface area (Å²) in [5.41, 5.74) is 4.00. The normalized spacial score (nSPS) is 11.3. The van der Waals surface area contributed by atoms with Crippen LogP contribution in [0.25, 0.3) is 10.6 Å². The van der Waals surface area contributed by atoms with Crippen LogP contribution in [0.1, 0.15) is 26.5 Å². The van der Waals surface area contributed by atoms with Crippen molar-refractivity contribution in [3.63, 3.8) is 0 Å². The van der Waals surface area contributed by atoms with Crippen LogP contribution in [-0.2, 0) is 13.0 Å². The summed E-state index contributed by atoms with van der Waals surface area (Å²) in [6.07, 6.45) is 0.799. The SMILES string of the molecule is CN=C(NCCc1cccc(C(=O)N(C)C)c1)NCc1sc(-c2ccccc2)nc1C. The lowest BCUT2D eigenvalue weighted by Gasteiger charge is -2.13. The molecule has 0 aliphatic carbocycles. The molecule has 2 N–H and O–H groups in total. The molecule has 31 heavy (non-hydrogen) atoms. The van der Waals surface area contributed by atoms with Gasteiger partial charge < -0.3 is 15.5 Å². The first-order chi connectivity index (χ1) is 15.0. The van der Waals surface area contributed by atoms with Crippen LogP contribution in [0.2, 0.25) is 0 Å². The summed E-state index contributed by atoms with van der Waals surface area (Å²) in [5.74, 6) is 0.761. The Kier molecular flexibility index (Phi) is 7.78. The molecule has 0 spiro atoms. The van der Waals surface area contributed by atoms with Gasteiger partial charge in [0.15, 0.2) is 5.96 Å². The molecule has 1 aromatic heterocycles. The van der Waals surface area contributed by atoms with Crippen LogP contribution >= 0.6 is 11.3 Å². The number of hydrogen-bond donors (Lipinski definition) is 2. The van der Waals surface area contributed by atoms with E-state index in [1.807, 2.05) is 49.4 Å². The molecule has 7 heteroatoms. The highest BCUT2D eigenvalue weighted by atomic mass is 32.1. The molecule has 1 heterocycles. The van der Waals surface area contributed by atoms with E-state index in [1.54, 1.807) is 37.4 Å². The molecular formula is C24H29N5OS. The molecule has 0 aliphatic rings. The number of nitrogens with zero attached hydrogens (tertiary/aromatic N) is 3. The zero-order chi connectivity index (χ0) is 22.2. The highest BCUT2D eigenvalue weighted by Gasteiger charge is 2.10. The summed E-state index contributed by atoms with van der Waals surface area (Å²) in [5, 5.41) is 7.75. The monoisotopic (exact) mass is 435 g/mol. The van der Waals surface area contributed by atoms with Gasteiger partial charge in [0.25, 0.3) is 5.91 Å². The van der Waals surface area contributed by atoms with Gasteiger partial charge in [-0.3, -0.25) is 9.79 Å². The third-order valence-corrected chi connectivity index (χ3v) is 6.05. The minimum absolute atomic E-state index is 0.0158. The standard InChI is InChI=1S/C24H29N5OS/c1-17-21(31-22(28-17)19-10-6-5-7-11-19)16-27-24(25-2)26-14-13-18-9-8-12-20(15-18)23(30)29(3)4/h5-12,15H,13-14,16H2,1-4H3,(H2,25,26,27). The Morgan fingerprint density at radius 1 is 1.10 bits per heavy atom. The largest absolute Gasteiger partial charge is 0.356 e. The molecule has 0 saturated heterocycles. The molecular weight excluding hydrogens is 406 g/mol. The minimum atomic E-state index is 0.0158. The van der Waals surface area contributed by atoms with Crippen molar-refractivity contribution in [2.24, 2.45) is 4.99 Å². The van der Waals surface area contributed by atoms with Gasteiger partial charge in [-0.15, -0.1) is 11.3 Å². The highest BCUT2D eigenvalue weighted by molar-refractivity contribution is 7.15. The predicted molar refractivity (Wildman–Crippen MR) is 129 cm³/mol. The van der Waals surface area contributed by atoms with Crippen molar-refractivity contribution < 1.29 is 4.79 Å². The fourth-order valence-corrected chi connectivity index (χ4v) is 4.13. The first kappa shape index (κ1) is 22.5. The van der Waals surface area contributed by atoms with Crippen LogP contribution in [0.5, 0.6) is 0 Å². The summed E-state index contributed by atoms with van der Waals surface area (Å²) in [6.45, 7) is 3.43. The summed E-state index contributed by atoms with van der Waals surface area (Å²) < 4.78 is 0. The predicted octanol–water partition coefficient (Wildman–Crippen LogP) is 3.73. The summed E-state index contributed by atoms with van der Waals surface area (Å²) in [6, 6.07) is 18.0. The molecule has 0 bridgehead atoms. The van der Waals surface area contributed by atoms with Gasteiger partial charge in [0.1, 0.15) is 5.01 Å². The molecule has 6 nitrogen and oxygen atoms in total. The number of aromatic nitrogens is 1. The van der Waals surface area contributed by atoms with Crippen LogP contribution in [0.3, 0.4) is 0 Å². The average Bonchev–Trinajstić information content (AvgIpc) is 3.16. The van der Waals surface area contributed by atoms with Crippen LogP contribution < -0.4 is 10.6 Å². The number of hydrogen-bond acceptors (Lipinski definition) is 4. The van der Waals surface area contributed by atoms with Gasteiger partial charge in [-0.1, -0.05) is 42.5 Å². The van der Waals surface area contributed by atoms with Crippen molar-refractivity contribution in [3.05, 3.63) is 76.3 Å². The molecule has 0 saturated carbocycles. The van der Waals surface area contributed by atoms with Crippen molar-refractivity contribution in [1.82, 2.24) is 20.5 Å². The molecule has 0 radical (unpaired) electrons. The lowest BCUT2D eigenvalue weighted by Crippen LogP contribution is -2.37. The molecule has 3 aromatic rings. The summed E-state index contributed by atoms with van der Waals surface area (Å²) in [4.78, 5) is 23.9. The van der Waals surface area contributed by atoms with Crippen LogP contribution in [0.4, 0.5) is 0 Å². The average molecular weight is 436 g/mol. The van der Waals surface area contributed by atoms with Gasteiger partial charge >= 0.3 is 0 Å². The number of aliphatic imine (C=N–C) groups is 1. The van der Waals surface area contributed by atoms with Gasteiger partial charge in [-0.2, -0.15) is 0 Å². The van der Waals surface area contributed by atoms with E-state index in [0.717, 1.165) is 40.8 Å². The van der Waals surface area contributed by atoms with Crippen LogP contribution in [0, 0.1) is 6.92 Å². The fraction of sp³-hybridized carbons (Fsp3) is 0.292. The number of carbonyl (C=O) groups excluding carboxylic acids is 1. The van der Waals surface area contributed by atoms with Crippen LogP contribution in [-0.4, -0.2) is 49.4 Å².